The Bertz CT molecular complexity index is 492. The zero-order chi connectivity index (χ0) is 11.7. The number of hydrogen-bond donors (Lipinski definition) is 2. The molecule has 0 saturated carbocycles. The van der Waals surface area contributed by atoms with Crippen LogP contribution in [0.3, 0.4) is 0 Å². The van der Waals surface area contributed by atoms with Crippen LogP contribution < -0.4 is 5.32 Å². The van der Waals surface area contributed by atoms with Crippen LogP contribution in [0, 0.1) is 6.92 Å². The highest BCUT2D eigenvalue weighted by Gasteiger charge is 2.19. The van der Waals surface area contributed by atoms with Gasteiger partial charge in [-0.2, -0.15) is 0 Å². The lowest BCUT2D eigenvalue weighted by molar-refractivity contribution is 0.715. The fraction of sp³-hybridized carbons (Fsp3) is 0.357. The second-order valence-electron chi connectivity index (χ2n) is 4.74. The van der Waals surface area contributed by atoms with E-state index in [0.717, 1.165) is 24.6 Å². The smallest absolute Gasteiger partial charge is 0.110 e. The summed E-state index contributed by atoms with van der Waals surface area (Å²) in [5.74, 6) is 1.67. The third-order valence-corrected chi connectivity index (χ3v) is 3.41. The Morgan fingerprint density at radius 3 is 2.76 bits per heavy atom. The summed E-state index contributed by atoms with van der Waals surface area (Å²) in [6.45, 7) is 4.25. The van der Waals surface area contributed by atoms with Crippen molar-refractivity contribution in [3.8, 4) is 11.3 Å². The topological polar surface area (TPSA) is 40.7 Å². The fourth-order valence-corrected chi connectivity index (χ4v) is 2.31. The van der Waals surface area contributed by atoms with Crippen molar-refractivity contribution in [2.45, 2.75) is 19.3 Å². The van der Waals surface area contributed by atoms with E-state index in [9.17, 15) is 0 Å². The van der Waals surface area contributed by atoms with Crippen molar-refractivity contribution in [3.05, 3.63) is 41.9 Å². The molecule has 2 N–H and O–H groups in total. The Morgan fingerprint density at radius 1 is 1.24 bits per heavy atom. The molecule has 2 aromatic rings. The highest BCUT2D eigenvalue weighted by molar-refractivity contribution is 5.58. The van der Waals surface area contributed by atoms with Crippen LogP contribution in [0.25, 0.3) is 11.3 Å². The van der Waals surface area contributed by atoms with Crippen molar-refractivity contribution in [1.29, 1.82) is 0 Å². The minimum Gasteiger partial charge on any atom is -0.342 e. The minimum absolute atomic E-state index is 0.550. The summed E-state index contributed by atoms with van der Waals surface area (Å²) < 4.78 is 0. The summed E-state index contributed by atoms with van der Waals surface area (Å²) in [6.07, 6.45) is 3.12. The lowest BCUT2D eigenvalue weighted by atomic mass is 10.1. The lowest BCUT2D eigenvalue weighted by Gasteiger charge is -2.03. The monoisotopic (exact) mass is 227 g/mol. The third kappa shape index (κ3) is 2.11. The van der Waals surface area contributed by atoms with Crippen LogP contribution in [0.1, 0.15) is 23.7 Å². The van der Waals surface area contributed by atoms with Crippen molar-refractivity contribution in [1.82, 2.24) is 15.3 Å². The maximum Gasteiger partial charge on any atom is 0.110 e. The average Bonchev–Trinajstić information content (AvgIpc) is 3.00. The molecular formula is C14H17N3. The zero-order valence-corrected chi connectivity index (χ0v) is 10.0. The van der Waals surface area contributed by atoms with Crippen molar-refractivity contribution in [3.63, 3.8) is 0 Å². The van der Waals surface area contributed by atoms with E-state index in [2.05, 4.69) is 46.5 Å². The van der Waals surface area contributed by atoms with Crippen molar-refractivity contribution in [2.75, 3.05) is 13.1 Å². The van der Waals surface area contributed by atoms with E-state index in [4.69, 9.17) is 0 Å². The summed E-state index contributed by atoms with van der Waals surface area (Å²) in [4.78, 5) is 7.94. The Morgan fingerprint density at radius 2 is 2.06 bits per heavy atom. The van der Waals surface area contributed by atoms with Gasteiger partial charge in [-0.25, -0.2) is 4.98 Å². The van der Waals surface area contributed by atoms with Crippen LogP contribution in [0.15, 0.2) is 30.5 Å². The summed E-state index contributed by atoms with van der Waals surface area (Å²) in [5, 5.41) is 3.37. The molecule has 3 heteroatoms. The van der Waals surface area contributed by atoms with Crippen LogP contribution in [-0.4, -0.2) is 23.1 Å². The van der Waals surface area contributed by atoms with E-state index in [-0.39, 0.29) is 0 Å². The number of rotatable bonds is 2. The second-order valence-corrected chi connectivity index (χ2v) is 4.74. The van der Waals surface area contributed by atoms with Gasteiger partial charge in [0.1, 0.15) is 5.82 Å². The number of imidazole rings is 1. The number of nitrogens with one attached hydrogen (secondary N) is 2. The highest BCUT2D eigenvalue weighted by Crippen LogP contribution is 2.23. The minimum atomic E-state index is 0.550. The molecule has 1 aliphatic heterocycles. The Hall–Kier alpha value is -1.61. The van der Waals surface area contributed by atoms with Gasteiger partial charge >= 0.3 is 0 Å². The first kappa shape index (κ1) is 10.5. The molecule has 0 aliphatic carbocycles. The first-order valence-corrected chi connectivity index (χ1v) is 6.15. The molecular weight excluding hydrogens is 210 g/mol. The molecule has 1 saturated heterocycles. The molecule has 1 unspecified atom stereocenters. The molecule has 0 radical (unpaired) electrons. The molecule has 17 heavy (non-hydrogen) atoms. The molecule has 1 aromatic heterocycles. The summed E-state index contributed by atoms with van der Waals surface area (Å²) in [6, 6.07) is 8.54. The predicted octanol–water partition coefficient (Wildman–Crippen LogP) is 2.46. The van der Waals surface area contributed by atoms with Crippen LogP contribution in [0.5, 0.6) is 0 Å². The molecule has 1 fully saturated rings. The molecule has 3 nitrogen and oxygen atoms in total. The summed E-state index contributed by atoms with van der Waals surface area (Å²) in [7, 11) is 0. The van der Waals surface area contributed by atoms with E-state index < -0.39 is 0 Å². The average molecular weight is 227 g/mol. The first-order valence-electron chi connectivity index (χ1n) is 6.15. The first-order chi connectivity index (χ1) is 8.33. The van der Waals surface area contributed by atoms with E-state index in [1.54, 1.807) is 0 Å². The normalized spacial score (nSPS) is 19.7. The number of aromatic amines is 1. The second kappa shape index (κ2) is 4.34. The number of aryl methyl sites for hydroxylation is 1. The predicted molar refractivity (Wildman–Crippen MR) is 69.0 cm³/mol. The van der Waals surface area contributed by atoms with E-state index in [1.807, 2.05) is 6.20 Å². The molecule has 0 bridgehead atoms. The van der Waals surface area contributed by atoms with E-state index >= 15 is 0 Å². The van der Waals surface area contributed by atoms with E-state index in [1.165, 1.54) is 17.5 Å². The Kier molecular flexibility index (Phi) is 2.69. The van der Waals surface area contributed by atoms with Crippen molar-refractivity contribution >= 4 is 0 Å². The zero-order valence-electron chi connectivity index (χ0n) is 10.0. The van der Waals surface area contributed by atoms with Gasteiger partial charge in [-0.3, -0.25) is 0 Å². The maximum absolute atomic E-state index is 4.50. The number of nitrogens with zero attached hydrogens (tertiary/aromatic N) is 1. The molecule has 0 spiro atoms. The number of benzene rings is 1. The van der Waals surface area contributed by atoms with Gasteiger partial charge in [-0.1, -0.05) is 29.8 Å². The van der Waals surface area contributed by atoms with Crippen LogP contribution in [0.2, 0.25) is 0 Å². The molecule has 3 rings (SSSR count). The third-order valence-electron chi connectivity index (χ3n) is 3.41. The lowest BCUT2D eigenvalue weighted by Crippen LogP contribution is -2.08. The molecule has 1 aromatic carbocycles. The van der Waals surface area contributed by atoms with Gasteiger partial charge in [0.25, 0.3) is 0 Å². The summed E-state index contributed by atoms with van der Waals surface area (Å²) >= 11 is 0. The highest BCUT2D eigenvalue weighted by atomic mass is 15.0. The van der Waals surface area contributed by atoms with Crippen molar-refractivity contribution in [2.24, 2.45) is 0 Å². The van der Waals surface area contributed by atoms with Gasteiger partial charge in [0, 0.05) is 12.5 Å². The van der Waals surface area contributed by atoms with Crippen molar-refractivity contribution < 1.29 is 0 Å². The number of aromatic nitrogens is 2. The number of hydrogen-bond acceptors (Lipinski definition) is 2. The quantitative estimate of drug-likeness (QED) is 0.827. The maximum atomic E-state index is 4.50. The van der Waals surface area contributed by atoms with E-state index in [0.29, 0.717) is 5.92 Å². The van der Waals surface area contributed by atoms with Gasteiger partial charge < -0.3 is 10.3 Å². The molecule has 0 amide bonds. The molecule has 1 atom stereocenters. The van der Waals surface area contributed by atoms with Gasteiger partial charge in [-0.15, -0.1) is 0 Å². The molecule has 88 valence electrons. The van der Waals surface area contributed by atoms with Gasteiger partial charge in [0.05, 0.1) is 11.9 Å². The number of H-pyrrole nitrogens is 1. The Labute approximate surface area is 101 Å². The molecule has 1 aliphatic rings. The van der Waals surface area contributed by atoms with Gasteiger partial charge in [0.15, 0.2) is 0 Å². The Balaban J connectivity index is 1.86. The van der Waals surface area contributed by atoms with Crippen LogP contribution >= 0.6 is 0 Å². The fourth-order valence-electron chi connectivity index (χ4n) is 2.31. The SMILES string of the molecule is Cc1ccc(-c2cnc(C3CCNC3)[nH]2)cc1. The standard InChI is InChI=1S/C14H17N3/c1-10-2-4-11(5-3-10)13-9-16-14(17-13)12-6-7-15-8-12/h2-5,9,12,15H,6-8H2,1H3,(H,16,17). The van der Waals surface area contributed by atoms with Crippen LogP contribution in [-0.2, 0) is 0 Å². The summed E-state index contributed by atoms with van der Waals surface area (Å²) in [5.41, 5.74) is 3.61. The van der Waals surface area contributed by atoms with Crippen LogP contribution in [0.4, 0.5) is 0 Å². The largest absolute Gasteiger partial charge is 0.342 e. The molecule has 2 heterocycles. The van der Waals surface area contributed by atoms with Gasteiger partial charge in [0.2, 0.25) is 0 Å². The van der Waals surface area contributed by atoms with Gasteiger partial charge in [-0.05, 0) is 25.5 Å².